The average molecular weight is 1600 g/mol. The van der Waals surface area contributed by atoms with Crippen LogP contribution in [0.2, 0.25) is 16.4 Å². The second-order valence-electron chi connectivity index (χ2n) is 27.1. The minimum absolute atomic E-state index is 0. The van der Waals surface area contributed by atoms with Crippen LogP contribution >= 0.6 is 39.1 Å². The number of ether oxygens (including phenoxy) is 2. The fourth-order valence-electron chi connectivity index (χ4n) is 12.7. The summed E-state index contributed by atoms with van der Waals surface area (Å²) in [7, 11) is -1.04. The number of anilines is 8. The van der Waals surface area contributed by atoms with E-state index in [0.717, 1.165) is 164 Å². The van der Waals surface area contributed by atoms with Gasteiger partial charge in [0.05, 0.1) is 4.47 Å². The maximum atomic E-state index is 12.0. The molecule has 6 fully saturated rings. The summed E-state index contributed by atoms with van der Waals surface area (Å²) in [5, 5.41) is 42.6. The summed E-state index contributed by atoms with van der Waals surface area (Å²) >= 11 is 15.3. The van der Waals surface area contributed by atoms with Crippen molar-refractivity contribution in [1.29, 1.82) is 0 Å². The number of alkyl carbamates (subject to hydrolysis) is 2. The van der Waals surface area contributed by atoms with Crippen molar-refractivity contribution in [3.8, 4) is 0 Å². The molecule has 0 saturated heterocycles. The van der Waals surface area contributed by atoms with Crippen molar-refractivity contribution in [2.75, 3.05) is 37.6 Å². The normalized spacial score (nSPS) is 20.6. The maximum absolute atomic E-state index is 12.0. The van der Waals surface area contributed by atoms with Gasteiger partial charge in [-0.05, 0) is 231 Å². The van der Waals surface area contributed by atoms with Crippen LogP contribution in [0.15, 0.2) is 120 Å². The molecule has 0 atom stereocenters. The zero-order valence-corrected chi connectivity index (χ0v) is 62.5. The van der Waals surface area contributed by atoms with E-state index in [-0.39, 0.29) is 94.4 Å². The number of hydrogen-bond acceptors (Lipinski definition) is 20. The Hall–Kier alpha value is -7.73. The van der Waals surface area contributed by atoms with Crippen LogP contribution < -0.4 is 54.0 Å². The molecule has 14 N–H and O–H groups in total. The quantitative estimate of drug-likeness (QED) is 0.0174. The SMILES string of the molecule is NC1CCC(Nc2nc(Nc3ccc4c(c3)CCC(=O)N4)ncc2C2CC2)CC1.Nc1ccc2c(c1)CCC(=O)N2.O=C(NC1CCC(Nc2nc(Cl)ncc2Br)CC1)OCc1ccccc1.O=C(NC1CCC(Nc2nc(Cl)ncc2C2CC2)CC1)OCc1ccccc1.OB(O)C1CC1.[CH3-].[HH].[Pd]. The van der Waals surface area contributed by atoms with E-state index in [1.165, 1.54) is 36.8 Å². The number of carbonyl (C=O) groups is 4. The maximum Gasteiger partial charge on any atom is 0.454 e. The Morgan fingerprint density at radius 3 is 1.48 bits per heavy atom. The minimum Gasteiger partial charge on any atom is -0.445 e. The van der Waals surface area contributed by atoms with Crippen LogP contribution in [-0.2, 0) is 65.5 Å². The van der Waals surface area contributed by atoms with E-state index in [0.29, 0.717) is 61.2 Å². The number of nitrogens with one attached hydrogen (secondary N) is 8. The number of aryl methyl sites for hydroxylation is 2. The summed E-state index contributed by atoms with van der Waals surface area (Å²) in [5.41, 5.74) is 21.8. The van der Waals surface area contributed by atoms with E-state index in [1.54, 1.807) is 12.3 Å². The molecule has 6 aliphatic carbocycles. The van der Waals surface area contributed by atoms with Gasteiger partial charge in [0.1, 0.15) is 30.7 Å². The molecule has 554 valence electrons. The first-order chi connectivity index (χ1) is 49.0. The third-order valence-electron chi connectivity index (χ3n) is 19.0. The second kappa shape index (κ2) is 39.4. The number of halogens is 3. The number of nitrogens with two attached hydrogens (primary N) is 2. The van der Waals surface area contributed by atoms with Crippen molar-refractivity contribution >= 4 is 116 Å². The van der Waals surface area contributed by atoms with Gasteiger partial charge in [0.2, 0.25) is 28.3 Å². The van der Waals surface area contributed by atoms with E-state index in [1.807, 2.05) is 97.3 Å². The molecule has 3 aromatic heterocycles. The monoisotopic (exact) mass is 1600 g/mol. The molecule has 0 unspecified atom stereocenters. The standard InChI is InChI=1S/C22H28N6O.C21H25ClN4O2.C18H20BrClN4O2.C9H10N2O.C3H7BO2.CH3.Pd.H2/c23-15-4-6-16(7-5-15)25-21-18(13-1-2-13)12-24-22(28-21)26-17-8-9-19-14(11-17)3-10-20(29)27-19;22-20-23-12-18(15-6-7-15)19(26-20)24-16-8-10-17(11-9-16)25-21(27)28-13-14-4-2-1-3-5-14;19-15-10-21-17(20)24-16(15)22-13-6-8-14(9-7-13)23-18(25)26-11-12-4-2-1-3-5-12;10-7-2-3-8-6(5-7)1-4-9(12)11-8;5-4(6)3-1-2-3;;;/h8-9,11-13,15-16H,1-7,10,23H2,(H,27,29)(H2,24,25,26,28);1-5,12,15-17H,6-11,13H2,(H,25,27)(H,23,24,26);1-5,10,13-14H,6-9,11H2,(H,23,25)(H,21,22,24);2-3,5H,1,4,10H2,(H,11,12);3,5-6H,1-2H2;1H3;;1H/q;;;;;-1;;. The van der Waals surface area contributed by atoms with E-state index in [4.69, 9.17) is 59.2 Å². The smallest absolute Gasteiger partial charge is 0.445 e. The summed E-state index contributed by atoms with van der Waals surface area (Å²) in [6, 6.07) is 32.6. The van der Waals surface area contributed by atoms with E-state index >= 15 is 0 Å². The molecule has 4 amide bonds. The van der Waals surface area contributed by atoms with Crippen LogP contribution in [0.5, 0.6) is 0 Å². The van der Waals surface area contributed by atoms with Crippen molar-refractivity contribution in [3.63, 3.8) is 0 Å². The Morgan fingerprint density at radius 2 is 0.990 bits per heavy atom. The van der Waals surface area contributed by atoms with Gasteiger partial charge in [0.25, 0.3) is 0 Å². The van der Waals surface area contributed by atoms with Crippen molar-refractivity contribution in [1.82, 2.24) is 40.5 Å². The van der Waals surface area contributed by atoms with Gasteiger partial charge in [-0.25, -0.2) is 29.5 Å². The Morgan fingerprint density at radius 1 is 0.553 bits per heavy atom. The number of fused-ring (bicyclic) bond motifs is 2. The molecular weight excluding hydrogens is 1510 g/mol. The van der Waals surface area contributed by atoms with Crippen LogP contribution in [0.3, 0.4) is 0 Å². The molecule has 24 nitrogen and oxygen atoms in total. The summed E-state index contributed by atoms with van der Waals surface area (Å²) in [6.45, 7) is 0.577. The number of aromatic nitrogens is 6. The third kappa shape index (κ3) is 25.8. The van der Waals surface area contributed by atoms with Crippen LogP contribution in [0.4, 0.5) is 55.7 Å². The first kappa shape index (κ1) is 79.4. The molecule has 8 aliphatic rings. The van der Waals surface area contributed by atoms with Crippen LogP contribution in [-0.4, -0.2) is 107 Å². The molecule has 7 aromatic rings. The van der Waals surface area contributed by atoms with E-state index in [2.05, 4.69) is 89.5 Å². The zero-order chi connectivity index (χ0) is 70.6. The van der Waals surface area contributed by atoms with Gasteiger partial charge in [-0.3, -0.25) is 9.59 Å². The van der Waals surface area contributed by atoms with Crippen molar-refractivity contribution in [2.24, 2.45) is 5.73 Å². The fourth-order valence-corrected chi connectivity index (χ4v) is 13.3. The van der Waals surface area contributed by atoms with Crippen LogP contribution in [0, 0.1) is 7.43 Å². The van der Waals surface area contributed by atoms with Crippen molar-refractivity contribution in [3.05, 3.63) is 171 Å². The summed E-state index contributed by atoms with van der Waals surface area (Å²) in [4.78, 5) is 72.6. The largest absolute Gasteiger partial charge is 0.454 e. The molecule has 6 saturated carbocycles. The number of nitrogens with zero attached hydrogens (tertiary/aromatic N) is 6. The molecular formula is C74H95BBrCl2N16O8Pd-. The number of rotatable bonds is 17. The van der Waals surface area contributed by atoms with Gasteiger partial charge < -0.3 is 81.0 Å². The Kier molecular flexibility index (Phi) is 30.4. The molecule has 5 heterocycles. The minimum atomic E-state index is -1.04. The first-order valence-corrected chi connectivity index (χ1v) is 36.8. The number of carbonyl (C=O) groups excluding carboxylic acids is 4. The first-order valence-electron chi connectivity index (χ1n) is 35.3. The van der Waals surface area contributed by atoms with Gasteiger partial charge in [-0.15, -0.1) is 0 Å². The van der Waals surface area contributed by atoms with Crippen molar-refractivity contribution < 1.29 is 60.5 Å². The predicted octanol–water partition coefficient (Wildman–Crippen LogP) is 14.3. The number of nitrogen functional groups attached to an aromatic ring is 1. The van der Waals surface area contributed by atoms with E-state index < -0.39 is 7.12 Å². The Bertz CT molecular complexity index is 3920. The van der Waals surface area contributed by atoms with Gasteiger partial charge >= 0.3 is 19.3 Å². The molecule has 103 heavy (non-hydrogen) atoms. The van der Waals surface area contributed by atoms with Crippen LogP contribution in [0.1, 0.15) is 175 Å². The Labute approximate surface area is 636 Å². The van der Waals surface area contributed by atoms with Gasteiger partial charge in [0, 0.05) is 123 Å². The summed E-state index contributed by atoms with van der Waals surface area (Å²) in [6.07, 6.45) is 25.9. The summed E-state index contributed by atoms with van der Waals surface area (Å²) in [5.74, 6) is 4.68. The average Bonchev–Trinajstić information content (AvgIpc) is 1.61. The molecule has 15 rings (SSSR count). The number of amides is 4. The van der Waals surface area contributed by atoms with Crippen molar-refractivity contribution in [2.45, 2.75) is 208 Å². The topological polar surface area (TPSA) is 353 Å². The molecule has 0 spiro atoms. The zero-order valence-electron chi connectivity index (χ0n) is 57.8. The number of hydrogen-bond donors (Lipinski definition) is 12. The predicted molar refractivity (Wildman–Crippen MR) is 407 cm³/mol. The Balaban J connectivity index is 0.000000174. The molecule has 0 radical (unpaired) electrons. The van der Waals surface area contributed by atoms with Gasteiger partial charge in [-0.1, -0.05) is 73.5 Å². The van der Waals surface area contributed by atoms with Gasteiger partial charge in [-0.2, -0.15) is 9.97 Å². The van der Waals surface area contributed by atoms with Gasteiger partial charge in [0.15, 0.2) is 0 Å². The number of benzene rings is 4. The third-order valence-corrected chi connectivity index (χ3v) is 19.9. The molecule has 29 heteroatoms. The molecule has 4 aromatic carbocycles. The molecule has 0 bridgehead atoms. The van der Waals surface area contributed by atoms with E-state index in [9.17, 15) is 19.2 Å². The fraction of sp³-hybridized carbons (Fsp3) is 0.446. The summed E-state index contributed by atoms with van der Waals surface area (Å²) < 4.78 is 11.4. The van der Waals surface area contributed by atoms with Crippen LogP contribution in [0.25, 0.3) is 0 Å². The molecule has 2 aliphatic heterocycles. The second-order valence-corrected chi connectivity index (χ2v) is 28.7.